The van der Waals surface area contributed by atoms with Crippen molar-refractivity contribution in [1.82, 2.24) is 10.0 Å². The van der Waals surface area contributed by atoms with Gasteiger partial charge in [-0.3, -0.25) is 4.79 Å². The van der Waals surface area contributed by atoms with Crippen LogP contribution < -0.4 is 14.3 Å². The Kier molecular flexibility index (Phi) is 5.66. The summed E-state index contributed by atoms with van der Waals surface area (Å²) in [7, 11) is -4.33. The topological polar surface area (TPSA) is 119 Å². The second-order valence-corrected chi connectivity index (χ2v) is 8.65. The Morgan fingerprint density at radius 3 is 2.66 bits per heavy atom. The summed E-state index contributed by atoms with van der Waals surface area (Å²) >= 11 is 0. The number of hydrogen-bond donors (Lipinski definition) is 4. The quantitative estimate of drug-likeness (QED) is 0.494. The van der Waals surface area contributed by atoms with Crippen LogP contribution in [0.15, 0.2) is 6.07 Å². The second kappa shape index (κ2) is 7.61. The number of aliphatic hydroxyl groups is 1. The number of aliphatic hydroxyl groups excluding tert-OH is 1. The van der Waals surface area contributed by atoms with Crippen molar-refractivity contribution < 1.29 is 41.0 Å². The van der Waals surface area contributed by atoms with Gasteiger partial charge in [0.2, 0.25) is 0 Å². The monoisotopic (exact) mass is 441 g/mol. The summed E-state index contributed by atoms with van der Waals surface area (Å²) in [4.78, 5) is 11.4. The maximum absolute atomic E-state index is 15.1. The molecule has 2 unspecified atom stereocenters. The third kappa shape index (κ3) is 4.73. The van der Waals surface area contributed by atoms with Crippen LogP contribution in [0.5, 0.6) is 5.75 Å². The third-order valence-electron chi connectivity index (χ3n) is 4.81. The largest absolute Gasteiger partial charge is 0.506 e. The van der Waals surface area contributed by atoms with Crippen LogP contribution in [-0.2, 0) is 27.8 Å². The van der Waals surface area contributed by atoms with Crippen LogP contribution in [0.25, 0.3) is 0 Å². The predicted molar refractivity (Wildman–Crippen MR) is 93.0 cm³/mol. The molecule has 0 radical (unpaired) electrons. The Labute approximate surface area is 163 Å². The number of rotatable bonds is 5. The van der Waals surface area contributed by atoms with Crippen molar-refractivity contribution in [3.8, 4) is 5.75 Å². The number of fused-ring (bicyclic) bond motifs is 1. The molecule has 1 aromatic rings. The van der Waals surface area contributed by atoms with E-state index in [1.807, 2.05) is 0 Å². The van der Waals surface area contributed by atoms with E-state index < -0.39 is 64.7 Å². The van der Waals surface area contributed by atoms with E-state index in [0.717, 1.165) is 0 Å². The van der Waals surface area contributed by atoms with E-state index in [2.05, 4.69) is 5.32 Å². The Morgan fingerprint density at radius 2 is 2.07 bits per heavy atom. The zero-order valence-corrected chi connectivity index (χ0v) is 15.8. The molecular weight excluding hydrogens is 422 g/mol. The standard InChI is InChI=1S/C16H19F4N3O5S/c17-14-11-4-9(21-6-10(24)5-16(18,19)20)2-1-8(11)3-12(25)15(14)23-7-13(26)22-29(23,27)28/h3,9-10,21,24-25H,1-2,4-7H2,(H,22,26). The minimum atomic E-state index is -4.51. The van der Waals surface area contributed by atoms with Crippen LogP contribution in [0.4, 0.5) is 23.2 Å². The van der Waals surface area contributed by atoms with E-state index in [0.29, 0.717) is 16.3 Å². The van der Waals surface area contributed by atoms with Crippen LogP contribution in [-0.4, -0.2) is 55.9 Å². The Hall–Kier alpha value is -2.12. The molecule has 1 fully saturated rings. The van der Waals surface area contributed by atoms with Gasteiger partial charge in [-0.1, -0.05) is 0 Å². The lowest BCUT2D eigenvalue weighted by Gasteiger charge is -2.29. The van der Waals surface area contributed by atoms with E-state index in [4.69, 9.17) is 0 Å². The van der Waals surface area contributed by atoms with Crippen molar-refractivity contribution >= 4 is 21.8 Å². The van der Waals surface area contributed by atoms with Crippen molar-refractivity contribution in [2.45, 2.75) is 44.0 Å². The molecule has 0 aromatic heterocycles. The number of aromatic hydroxyl groups is 1. The number of nitrogens with zero attached hydrogens (tertiary/aromatic N) is 1. The number of amides is 1. The number of nitrogens with one attached hydrogen (secondary N) is 2. The van der Waals surface area contributed by atoms with Crippen molar-refractivity contribution in [1.29, 1.82) is 0 Å². The van der Waals surface area contributed by atoms with Crippen LogP contribution in [0.3, 0.4) is 0 Å². The lowest BCUT2D eigenvalue weighted by atomic mass is 9.87. The van der Waals surface area contributed by atoms with Gasteiger partial charge in [-0.25, -0.2) is 13.4 Å². The highest BCUT2D eigenvalue weighted by atomic mass is 32.2. The second-order valence-electron chi connectivity index (χ2n) is 7.05. The Balaban J connectivity index is 1.79. The molecule has 1 aliphatic heterocycles. The van der Waals surface area contributed by atoms with Crippen LogP contribution in [0.2, 0.25) is 0 Å². The van der Waals surface area contributed by atoms with Gasteiger partial charge in [-0.15, -0.1) is 0 Å². The fourth-order valence-electron chi connectivity index (χ4n) is 3.54. The first kappa shape index (κ1) is 21.6. The summed E-state index contributed by atoms with van der Waals surface area (Å²) in [5.41, 5.74) is -0.116. The molecule has 1 aromatic carbocycles. The van der Waals surface area contributed by atoms with Gasteiger partial charge < -0.3 is 15.5 Å². The van der Waals surface area contributed by atoms with Gasteiger partial charge in [0.15, 0.2) is 5.82 Å². The van der Waals surface area contributed by atoms with Crippen molar-refractivity contribution in [3.05, 3.63) is 23.0 Å². The molecule has 1 aliphatic carbocycles. The summed E-state index contributed by atoms with van der Waals surface area (Å²) in [5.74, 6) is -2.52. The number of phenolic OH excluding ortho intramolecular Hbond substituents is 1. The maximum Gasteiger partial charge on any atom is 0.391 e. The molecule has 8 nitrogen and oxygen atoms in total. The molecule has 4 N–H and O–H groups in total. The highest BCUT2D eigenvalue weighted by Crippen LogP contribution is 2.39. The van der Waals surface area contributed by atoms with E-state index in [1.54, 1.807) is 4.72 Å². The lowest BCUT2D eigenvalue weighted by molar-refractivity contribution is -0.153. The highest BCUT2D eigenvalue weighted by molar-refractivity contribution is 7.92. The average Bonchev–Trinajstić information content (AvgIpc) is 2.84. The molecule has 0 spiro atoms. The maximum atomic E-state index is 15.1. The molecule has 162 valence electrons. The molecule has 1 saturated heterocycles. The number of benzene rings is 1. The van der Waals surface area contributed by atoms with Gasteiger partial charge in [0.25, 0.3) is 5.91 Å². The Bertz CT molecular complexity index is 922. The van der Waals surface area contributed by atoms with Crippen molar-refractivity contribution in [2.24, 2.45) is 0 Å². The van der Waals surface area contributed by atoms with Gasteiger partial charge in [0, 0.05) is 12.6 Å². The van der Waals surface area contributed by atoms with Gasteiger partial charge in [-0.05, 0) is 36.5 Å². The minimum absolute atomic E-state index is 0.0163. The lowest BCUT2D eigenvalue weighted by Crippen LogP contribution is -2.40. The fraction of sp³-hybridized carbons (Fsp3) is 0.562. The normalized spacial score (nSPS) is 22.3. The van der Waals surface area contributed by atoms with E-state index in [9.17, 15) is 36.6 Å². The predicted octanol–water partition coefficient (Wildman–Crippen LogP) is 0.472. The molecule has 13 heteroatoms. The Morgan fingerprint density at radius 1 is 1.38 bits per heavy atom. The molecule has 1 heterocycles. The first-order valence-corrected chi connectivity index (χ1v) is 10.2. The number of carbonyl (C=O) groups is 1. The molecule has 3 rings (SSSR count). The molecule has 2 aliphatic rings. The van der Waals surface area contributed by atoms with E-state index in [-0.39, 0.29) is 24.9 Å². The number of phenols is 1. The van der Waals surface area contributed by atoms with Crippen molar-refractivity contribution in [2.75, 3.05) is 17.4 Å². The molecule has 1 amide bonds. The van der Waals surface area contributed by atoms with Crippen LogP contribution in [0.1, 0.15) is 24.0 Å². The van der Waals surface area contributed by atoms with Gasteiger partial charge in [0.05, 0.1) is 12.5 Å². The molecular formula is C16H19F4N3O5S. The van der Waals surface area contributed by atoms with Crippen LogP contribution >= 0.6 is 0 Å². The zero-order valence-electron chi connectivity index (χ0n) is 15.0. The summed E-state index contributed by atoms with van der Waals surface area (Å²) in [6.07, 6.45) is -6.80. The number of aryl methyl sites for hydroxylation is 1. The molecule has 29 heavy (non-hydrogen) atoms. The smallest absolute Gasteiger partial charge is 0.391 e. The number of hydrogen-bond acceptors (Lipinski definition) is 6. The minimum Gasteiger partial charge on any atom is -0.506 e. The zero-order chi connectivity index (χ0) is 21.6. The first-order chi connectivity index (χ1) is 13.4. The van der Waals surface area contributed by atoms with E-state index in [1.165, 1.54) is 6.07 Å². The summed E-state index contributed by atoms with van der Waals surface area (Å²) in [6, 6.07) is 0.771. The van der Waals surface area contributed by atoms with Gasteiger partial charge in [-0.2, -0.15) is 21.6 Å². The number of alkyl halides is 3. The SMILES string of the molecule is O=C1CN(c2c(O)cc3c(c2F)CC(NCC(O)CC(F)(F)F)CC3)S(=O)(=O)N1. The fourth-order valence-corrected chi connectivity index (χ4v) is 4.70. The third-order valence-corrected chi connectivity index (χ3v) is 6.18. The number of carbonyl (C=O) groups excluding carboxylic acids is 1. The molecule has 0 bridgehead atoms. The average molecular weight is 441 g/mol. The summed E-state index contributed by atoms with van der Waals surface area (Å²) in [6.45, 7) is -1.03. The molecule has 2 atom stereocenters. The van der Waals surface area contributed by atoms with Gasteiger partial charge >= 0.3 is 16.4 Å². The number of halogens is 4. The first-order valence-electron chi connectivity index (χ1n) is 8.72. The molecule has 0 saturated carbocycles. The van der Waals surface area contributed by atoms with Gasteiger partial charge in [0.1, 0.15) is 18.0 Å². The number of anilines is 1. The summed E-state index contributed by atoms with van der Waals surface area (Å²) in [5, 5.41) is 22.4. The highest BCUT2D eigenvalue weighted by Gasteiger charge is 2.39. The van der Waals surface area contributed by atoms with E-state index >= 15 is 4.39 Å². The van der Waals surface area contributed by atoms with Crippen molar-refractivity contribution in [3.63, 3.8) is 0 Å². The van der Waals surface area contributed by atoms with Crippen LogP contribution in [0, 0.1) is 5.82 Å². The summed E-state index contributed by atoms with van der Waals surface area (Å²) < 4.78 is 78.1.